The fraction of sp³-hybridized carbons (Fsp3) is 0.125. The Morgan fingerprint density at radius 2 is 1.24 bits per heavy atom. The lowest BCUT2D eigenvalue weighted by atomic mass is 10.2. The summed E-state index contributed by atoms with van der Waals surface area (Å²) < 4.78 is 9.39. The average Bonchev–Trinajstić information content (AvgIpc) is 2.53. The van der Waals surface area contributed by atoms with Crippen LogP contribution in [0.3, 0.4) is 0 Å². The second kappa shape index (κ2) is 6.95. The maximum absolute atomic E-state index is 11.5. The average molecular weight is 302 g/mol. The minimum absolute atomic E-state index is 0.374. The van der Waals surface area contributed by atoms with Gasteiger partial charge in [-0.1, -0.05) is 23.9 Å². The van der Waals surface area contributed by atoms with Crippen LogP contribution in [0.4, 0.5) is 0 Å². The van der Waals surface area contributed by atoms with E-state index in [1.54, 1.807) is 36.4 Å². The molecule has 5 heteroatoms. The van der Waals surface area contributed by atoms with Crippen molar-refractivity contribution < 1.29 is 19.1 Å². The molecule has 0 aromatic heterocycles. The third-order valence-corrected chi connectivity index (χ3v) is 3.73. The lowest BCUT2D eigenvalue weighted by Crippen LogP contribution is -2.01. The standard InChI is InChI=1S/C16H14O4S/c1-19-15(17)11-5-3-7-13(9-11)21-14-8-4-6-12(10-14)16(18)20-2/h3-10H,1-2H3. The van der Waals surface area contributed by atoms with E-state index < -0.39 is 0 Å². The highest BCUT2D eigenvalue weighted by Crippen LogP contribution is 2.29. The van der Waals surface area contributed by atoms with Gasteiger partial charge >= 0.3 is 11.9 Å². The highest BCUT2D eigenvalue weighted by molar-refractivity contribution is 7.99. The maximum atomic E-state index is 11.5. The lowest BCUT2D eigenvalue weighted by Gasteiger charge is -2.05. The van der Waals surface area contributed by atoms with E-state index in [0.29, 0.717) is 11.1 Å². The fourth-order valence-electron chi connectivity index (χ4n) is 1.74. The number of carbonyl (C=O) groups is 2. The number of methoxy groups -OCH3 is 2. The summed E-state index contributed by atoms with van der Waals surface area (Å²) >= 11 is 1.46. The number of hydrogen-bond donors (Lipinski definition) is 0. The van der Waals surface area contributed by atoms with E-state index in [-0.39, 0.29) is 11.9 Å². The molecule has 108 valence electrons. The molecule has 2 aromatic carbocycles. The Bertz CT molecular complexity index is 609. The summed E-state index contributed by atoms with van der Waals surface area (Å²) in [4.78, 5) is 24.8. The van der Waals surface area contributed by atoms with Gasteiger partial charge in [0.2, 0.25) is 0 Å². The smallest absolute Gasteiger partial charge is 0.337 e. The molecule has 2 rings (SSSR count). The quantitative estimate of drug-likeness (QED) is 0.810. The summed E-state index contributed by atoms with van der Waals surface area (Å²) in [6.07, 6.45) is 0. The zero-order valence-electron chi connectivity index (χ0n) is 11.7. The normalized spacial score (nSPS) is 10.0. The van der Waals surface area contributed by atoms with Crippen molar-refractivity contribution in [2.24, 2.45) is 0 Å². The Kier molecular flexibility index (Phi) is 5.00. The van der Waals surface area contributed by atoms with Crippen LogP contribution in [-0.2, 0) is 9.47 Å². The van der Waals surface area contributed by atoms with Crippen LogP contribution in [0.2, 0.25) is 0 Å². The molecule has 0 radical (unpaired) electrons. The van der Waals surface area contributed by atoms with Crippen LogP contribution in [0.25, 0.3) is 0 Å². The molecule has 0 unspecified atom stereocenters. The predicted octanol–water partition coefficient (Wildman–Crippen LogP) is 3.41. The topological polar surface area (TPSA) is 52.6 Å². The number of ether oxygens (including phenoxy) is 2. The van der Waals surface area contributed by atoms with Gasteiger partial charge in [0, 0.05) is 9.79 Å². The van der Waals surface area contributed by atoms with Crippen molar-refractivity contribution in [3.63, 3.8) is 0 Å². The molecular weight excluding hydrogens is 288 g/mol. The SMILES string of the molecule is COC(=O)c1cccc(Sc2cccc(C(=O)OC)c2)c1. The molecule has 0 N–H and O–H groups in total. The van der Waals surface area contributed by atoms with Crippen molar-refractivity contribution in [2.45, 2.75) is 9.79 Å². The first-order chi connectivity index (χ1) is 10.1. The van der Waals surface area contributed by atoms with Crippen LogP contribution >= 0.6 is 11.8 Å². The molecule has 0 saturated heterocycles. The van der Waals surface area contributed by atoms with Crippen LogP contribution in [0.15, 0.2) is 58.3 Å². The van der Waals surface area contributed by atoms with Gasteiger partial charge in [-0.25, -0.2) is 9.59 Å². The molecule has 0 amide bonds. The highest BCUT2D eigenvalue weighted by atomic mass is 32.2. The summed E-state index contributed by atoms with van der Waals surface area (Å²) in [6.45, 7) is 0. The molecule has 0 atom stereocenters. The first-order valence-corrected chi connectivity index (χ1v) is 7.00. The van der Waals surface area contributed by atoms with Gasteiger partial charge in [0.1, 0.15) is 0 Å². The van der Waals surface area contributed by atoms with E-state index in [0.717, 1.165) is 9.79 Å². The molecule has 0 aliphatic rings. The molecule has 0 spiro atoms. The Labute approximate surface area is 127 Å². The third kappa shape index (κ3) is 3.86. The summed E-state index contributed by atoms with van der Waals surface area (Å²) in [5.74, 6) is -0.749. The van der Waals surface area contributed by atoms with Gasteiger partial charge < -0.3 is 9.47 Å². The van der Waals surface area contributed by atoms with E-state index in [1.807, 2.05) is 12.1 Å². The summed E-state index contributed by atoms with van der Waals surface area (Å²) in [6, 6.07) is 14.3. The van der Waals surface area contributed by atoms with Crippen molar-refractivity contribution in [1.29, 1.82) is 0 Å². The number of carbonyl (C=O) groups excluding carboxylic acids is 2. The van der Waals surface area contributed by atoms with Gasteiger partial charge in [0.05, 0.1) is 25.3 Å². The minimum Gasteiger partial charge on any atom is -0.465 e. The zero-order valence-corrected chi connectivity index (χ0v) is 12.5. The number of benzene rings is 2. The first kappa shape index (κ1) is 15.1. The Morgan fingerprint density at radius 3 is 1.62 bits per heavy atom. The Hall–Kier alpha value is -2.27. The monoisotopic (exact) mass is 302 g/mol. The maximum Gasteiger partial charge on any atom is 0.337 e. The largest absolute Gasteiger partial charge is 0.465 e. The van der Waals surface area contributed by atoms with Crippen molar-refractivity contribution in [3.05, 3.63) is 59.7 Å². The number of hydrogen-bond acceptors (Lipinski definition) is 5. The molecule has 0 bridgehead atoms. The van der Waals surface area contributed by atoms with Crippen molar-refractivity contribution in [1.82, 2.24) is 0 Å². The fourth-order valence-corrected chi connectivity index (χ4v) is 2.68. The molecule has 2 aromatic rings. The molecule has 0 aliphatic carbocycles. The molecule has 0 aliphatic heterocycles. The van der Waals surface area contributed by atoms with Crippen LogP contribution in [-0.4, -0.2) is 26.2 Å². The first-order valence-electron chi connectivity index (χ1n) is 6.18. The van der Waals surface area contributed by atoms with E-state index in [4.69, 9.17) is 9.47 Å². The van der Waals surface area contributed by atoms with Crippen LogP contribution in [0.5, 0.6) is 0 Å². The van der Waals surface area contributed by atoms with Gasteiger partial charge in [-0.05, 0) is 36.4 Å². The third-order valence-electron chi connectivity index (χ3n) is 2.75. The molecule has 0 heterocycles. The van der Waals surface area contributed by atoms with Crippen LogP contribution < -0.4 is 0 Å². The molecule has 21 heavy (non-hydrogen) atoms. The van der Waals surface area contributed by atoms with Crippen molar-refractivity contribution >= 4 is 23.7 Å². The molecule has 4 nitrogen and oxygen atoms in total. The Balaban J connectivity index is 2.22. The van der Waals surface area contributed by atoms with Gasteiger partial charge in [-0.2, -0.15) is 0 Å². The summed E-state index contributed by atoms with van der Waals surface area (Å²) in [5, 5.41) is 0. The summed E-state index contributed by atoms with van der Waals surface area (Å²) in [5.41, 5.74) is 0.984. The van der Waals surface area contributed by atoms with E-state index >= 15 is 0 Å². The van der Waals surface area contributed by atoms with Crippen molar-refractivity contribution in [2.75, 3.05) is 14.2 Å². The van der Waals surface area contributed by atoms with Crippen molar-refractivity contribution in [3.8, 4) is 0 Å². The van der Waals surface area contributed by atoms with E-state index in [9.17, 15) is 9.59 Å². The van der Waals surface area contributed by atoms with Gasteiger partial charge in [-0.3, -0.25) is 0 Å². The van der Waals surface area contributed by atoms with E-state index in [2.05, 4.69) is 0 Å². The Morgan fingerprint density at radius 1 is 0.810 bits per heavy atom. The van der Waals surface area contributed by atoms with E-state index in [1.165, 1.54) is 26.0 Å². The zero-order chi connectivity index (χ0) is 15.2. The van der Waals surface area contributed by atoms with Gasteiger partial charge in [0.15, 0.2) is 0 Å². The lowest BCUT2D eigenvalue weighted by molar-refractivity contribution is 0.0591. The predicted molar refractivity (Wildman–Crippen MR) is 79.7 cm³/mol. The number of rotatable bonds is 4. The molecular formula is C16H14O4S. The van der Waals surface area contributed by atoms with Gasteiger partial charge in [0.25, 0.3) is 0 Å². The minimum atomic E-state index is -0.374. The second-order valence-corrected chi connectivity index (χ2v) is 5.29. The number of esters is 2. The molecule has 0 saturated carbocycles. The molecule has 0 fully saturated rings. The van der Waals surface area contributed by atoms with Crippen LogP contribution in [0.1, 0.15) is 20.7 Å². The van der Waals surface area contributed by atoms with Crippen LogP contribution in [0, 0.1) is 0 Å². The second-order valence-electron chi connectivity index (χ2n) is 4.14. The highest BCUT2D eigenvalue weighted by Gasteiger charge is 2.09. The van der Waals surface area contributed by atoms with Gasteiger partial charge in [-0.15, -0.1) is 0 Å². The summed E-state index contributed by atoms with van der Waals surface area (Å²) in [7, 11) is 2.70.